The van der Waals surface area contributed by atoms with Crippen molar-refractivity contribution in [2.75, 3.05) is 32.8 Å². The molecule has 1 saturated heterocycles. The molecule has 1 aliphatic rings. The first-order chi connectivity index (χ1) is 14.7. The fourth-order valence-corrected chi connectivity index (χ4v) is 4.02. The number of morpholine rings is 1. The SMILES string of the molecule is Cc1ccc(C(CNC(=O)C(c2ccccc2)c2ccccc2)N2CCOCC2)o1. The lowest BCUT2D eigenvalue weighted by atomic mass is 9.90. The van der Waals surface area contributed by atoms with Crippen LogP contribution < -0.4 is 5.32 Å². The van der Waals surface area contributed by atoms with Crippen LogP contribution in [-0.4, -0.2) is 43.7 Å². The van der Waals surface area contributed by atoms with E-state index in [1.165, 1.54) is 0 Å². The van der Waals surface area contributed by atoms with E-state index in [0.717, 1.165) is 35.7 Å². The van der Waals surface area contributed by atoms with Crippen LogP contribution >= 0.6 is 0 Å². The summed E-state index contributed by atoms with van der Waals surface area (Å²) in [7, 11) is 0. The Bertz CT molecular complexity index is 894. The first-order valence-corrected chi connectivity index (χ1v) is 10.5. The van der Waals surface area contributed by atoms with E-state index in [-0.39, 0.29) is 17.9 Å². The smallest absolute Gasteiger partial charge is 0.232 e. The first kappa shape index (κ1) is 20.4. The summed E-state index contributed by atoms with van der Waals surface area (Å²) < 4.78 is 11.4. The summed E-state index contributed by atoms with van der Waals surface area (Å²) in [5, 5.41) is 3.20. The van der Waals surface area contributed by atoms with Gasteiger partial charge in [-0.1, -0.05) is 60.7 Å². The number of nitrogens with zero attached hydrogens (tertiary/aromatic N) is 1. The Morgan fingerprint density at radius 2 is 1.53 bits per heavy atom. The predicted molar refractivity (Wildman–Crippen MR) is 116 cm³/mol. The highest BCUT2D eigenvalue weighted by Gasteiger charge is 2.28. The number of hydrogen-bond acceptors (Lipinski definition) is 4. The third kappa shape index (κ3) is 4.81. The molecule has 1 aromatic heterocycles. The molecule has 5 nitrogen and oxygen atoms in total. The summed E-state index contributed by atoms with van der Waals surface area (Å²) in [5.74, 6) is 1.40. The largest absolute Gasteiger partial charge is 0.465 e. The molecular formula is C25H28N2O3. The zero-order valence-corrected chi connectivity index (χ0v) is 17.3. The van der Waals surface area contributed by atoms with Crippen molar-refractivity contribution in [3.05, 3.63) is 95.4 Å². The van der Waals surface area contributed by atoms with Gasteiger partial charge in [-0.15, -0.1) is 0 Å². The number of carbonyl (C=O) groups excluding carboxylic acids is 1. The van der Waals surface area contributed by atoms with E-state index in [9.17, 15) is 4.79 Å². The van der Waals surface area contributed by atoms with E-state index in [1.807, 2.05) is 79.7 Å². The van der Waals surface area contributed by atoms with E-state index in [0.29, 0.717) is 19.8 Å². The second-order valence-corrected chi connectivity index (χ2v) is 7.61. The lowest BCUT2D eigenvalue weighted by Gasteiger charge is -2.33. The molecule has 156 valence electrons. The molecule has 1 N–H and O–H groups in total. The van der Waals surface area contributed by atoms with Crippen molar-refractivity contribution < 1.29 is 13.9 Å². The van der Waals surface area contributed by atoms with Crippen molar-refractivity contribution >= 4 is 5.91 Å². The van der Waals surface area contributed by atoms with Gasteiger partial charge < -0.3 is 14.5 Å². The predicted octanol–water partition coefficient (Wildman–Crippen LogP) is 3.91. The van der Waals surface area contributed by atoms with Gasteiger partial charge in [0.15, 0.2) is 0 Å². The molecule has 1 aliphatic heterocycles. The van der Waals surface area contributed by atoms with Crippen molar-refractivity contribution in [2.45, 2.75) is 18.9 Å². The number of furan rings is 1. The maximum atomic E-state index is 13.4. The highest BCUT2D eigenvalue weighted by molar-refractivity contribution is 5.87. The van der Waals surface area contributed by atoms with Crippen molar-refractivity contribution in [1.29, 1.82) is 0 Å². The molecule has 0 bridgehead atoms. The Morgan fingerprint density at radius 3 is 2.07 bits per heavy atom. The summed E-state index contributed by atoms with van der Waals surface area (Å²) in [6, 6.07) is 23.8. The van der Waals surface area contributed by atoms with E-state index >= 15 is 0 Å². The average molecular weight is 405 g/mol. The van der Waals surface area contributed by atoms with Gasteiger partial charge in [0.25, 0.3) is 0 Å². The molecule has 1 fully saturated rings. The van der Waals surface area contributed by atoms with Crippen LogP contribution in [0.5, 0.6) is 0 Å². The third-order valence-corrected chi connectivity index (χ3v) is 5.57. The van der Waals surface area contributed by atoms with Crippen molar-refractivity contribution in [3.63, 3.8) is 0 Å². The second-order valence-electron chi connectivity index (χ2n) is 7.61. The van der Waals surface area contributed by atoms with E-state index in [1.54, 1.807) is 0 Å². The number of nitrogens with one attached hydrogen (secondary N) is 1. The van der Waals surface area contributed by atoms with Gasteiger partial charge in [0.1, 0.15) is 11.5 Å². The Balaban J connectivity index is 1.54. The van der Waals surface area contributed by atoms with Crippen LogP contribution in [0.25, 0.3) is 0 Å². The molecule has 2 aromatic carbocycles. The molecule has 2 heterocycles. The topological polar surface area (TPSA) is 54.7 Å². The maximum absolute atomic E-state index is 13.4. The standard InChI is InChI=1S/C25H28N2O3/c1-19-12-13-23(30-19)22(27-14-16-29-17-15-27)18-26-25(28)24(20-8-4-2-5-9-20)21-10-6-3-7-11-21/h2-13,22,24H,14-18H2,1H3,(H,26,28). The molecule has 0 saturated carbocycles. The minimum atomic E-state index is -0.351. The van der Waals surface area contributed by atoms with Crippen molar-refractivity contribution in [1.82, 2.24) is 10.2 Å². The number of ether oxygens (including phenoxy) is 1. The third-order valence-electron chi connectivity index (χ3n) is 5.57. The van der Waals surface area contributed by atoms with Crippen LogP contribution in [0.1, 0.15) is 34.6 Å². The van der Waals surface area contributed by atoms with Crippen LogP contribution in [0, 0.1) is 6.92 Å². The molecule has 1 amide bonds. The van der Waals surface area contributed by atoms with E-state index < -0.39 is 0 Å². The molecule has 0 spiro atoms. The number of carbonyl (C=O) groups is 1. The lowest BCUT2D eigenvalue weighted by molar-refractivity contribution is -0.122. The maximum Gasteiger partial charge on any atom is 0.232 e. The summed E-state index contributed by atoms with van der Waals surface area (Å²) in [4.78, 5) is 15.7. The minimum absolute atomic E-state index is 0.00561. The van der Waals surface area contributed by atoms with Crippen LogP contribution in [0.4, 0.5) is 0 Å². The van der Waals surface area contributed by atoms with Crippen LogP contribution in [-0.2, 0) is 9.53 Å². The Labute approximate surface area is 177 Å². The normalized spacial score (nSPS) is 15.8. The molecule has 1 atom stereocenters. The van der Waals surface area contributed by atoms with Gasteiger partial charge in [-0.05, 0) is 30.2 Å². The number of aryl methyl sites for hydroxylation is 1. The Morgan fingerprint density at radius 1 is 0.933 bits per heavy atom. The highest BCUT2D eigenvalue weighted by atomic mass is 16.5. The minimum Gasteiger partial charge on any atom is -0.465 e. The molecule has 1 unspecified atom stereocenters. The van der Waals surface area contributed by atoms with Crippen LogP contribution in [0.2, 0.25) is 0 Å². The number of amides is 1. The Hall–Kier alpha value is -2.89. The average Bonchev–Trinajstić information content (AvgIpc) is 3.22. The van der Waals surface area contributed by atoms with Gasteiger partial charge in [-0.25, -0.2) is 0 Å². The van der Waals surface area contributed by atoms with Crippen LogP contribution in [0.15, 0.2) is 77.2 Å². The summed E-state index contributed by atoms with van der Waals surface area (Å²) in [6.07, 6.45) is 0. The number of benzene rings is 2. The second kappa shape index (κ2) is 9.74. The monoisotopic (exact) mass is 404 g/mol. The van der Waals surface area contributed by atoms with Gasteiger partial charge in [0, 0.05) is 19.6 Å². The first-order valence-electron chi connectivity index (χ1n) is 10.5. The quantitative estimate of drug-likeness (QED) is 0.649. The van der Waals surface area contributed by atoms with Crippen molar-refractivity contribution in [3.8, 4) is 0 Å². The molecule has 3 aromatic rings. The zero-order chi connectivity index (χ0) is 20.8. The van der Waals surface area contributed by atoms with Gasteiger partial charge >= 0.3 is 0 Å². The van der Waals surface area contributed by atoms with Gasteiger partial charge in [0.05, 0.1) is 25.2 Å². The van der Waals surface area contributed by atoms with Gasteiger partial charge in [0.2, 0.25) is 5.91 Å². The van der Waals surface area contributed by atoms with Gasteiger partial charge in [-0.2, -0.15) is 0 Å². The summed E-state index contributed by atoms with van der Waals surface area (Å²) in [5.41, 5.74) is 1.97. The van der Waals surface area contributed by atoms with Crippen molar-refractivity contribution in [2.24, 2.45) is 0 Å². The fourth-order valence-electron chi connectivity index (χ4n) is 4.02. The Kier molecular flexibility index (Phi) is 6.62. The highest BCUT2D eigenvalue weighted by Crippen LogP contribution is 2.27. The van der Waals surface area contributed by atoms with Gasteiger partial charge in [-0.3, -0.25) is 9.69 Å². The number of hydrogen-bond donors (Lipinski definition) is 1. The summed E-state index contributed by atoms with van der Waals surface area (Å²) in [6.45, 7) is 5.46. The zero-order valence-electron chi connectivity index (χ0n) is 17.3. The summed E-state index contributed by atoms with van der Waals surface area (Å²) >= 11 is 0. The molecule has 0 radical (unpaired) electrons. The van der Waals surface area contributed by atoms with E-state index in [4.69, 9.17) is 9.15 Å². The molecule has 0 aliphatic carbocycles. The van der Waals surface area contributed by atoms with Crippen LogP contribution in [0.3, 0.4) is 0 Å². The molecule has 4 rings (SSSR count). The lowest BCUT2D eigenvalue weighted by Crippen LogP contribution is -2.44. The van der Waals surface area contributed by atoms with E-state index in [2.05, 4.69) is 10.2 Å². The molecular weight excluding hydrogens is 376 g/mol. The fraction of sp³-hybridized carbons (Fsp3) is 0.320. The molecule has 5 heteroatoms. The molecule has 30 heavy (non-hydrogen) atoms. The number of rotatable bonds is 7.